The maximum absolute atomic E-state index is 13.2. The summed E-state index contributed by atoms with van der Waals surface area (Å²) < 4.78 is 29.4. The number of sulfone groups is 1. The molecule has 0 bridgehead atoms. The van der Waals surface area contributed by atoms with Crippen molar-refractivity contribution < 1.29 is 22.7 Å². The van der Waals surface area contributed by atoms with Crippen molar-refractivity contribution in [2.45, 2.75) is 52.5 Å². The number of hydrogen-bond donors (Lipinski definition) is 2. The molecule has 2 heterocycles. The molecule has 178 valence electrons. The predicted molar refractivity (Wildman–Crippen MR) is 130 cm³/mol. The van der Waals surface area contributed by atoms with Crippen molar-refractivity contribution >= 4 is 38.0 Å². The van der Waals surface area contributed by atoms with E-state index in [9.17, 15) is 18.0 Å². The number of carbonyl (C=O) groups is 2. The van der Waals surface area contributed by atoms with Crippen LogP contribution < -0.4 is 15.4 Å². The number of ether oxygens (including phenoxy) is 1. The lowest BCUT2D eigenvalue weighted by Gasteiger charge is -2.19. The highest BCUT2D eigenvalue weighted by Crippen LogP contribution is 2.40. The minimum atomic E-state index is -3.10. The first-order valence-electron chi connectivity index (χ1n) is 11.3. The van der Waals surface area contributed by atoms with E-state index in [0.29, 0.717) is 28.7 Å². The Morgan fingerprint density at radius 2 is 1.91 bits per heavy atom. The lowest BCUT2D eigenvalue weighted by molar-refractivity contribution is -0.118. The number of thiophene rings is 1. The standard InChI is InChI=1S/C24H30N2O5S2/c1-14-7-8-18-19(11-14)32-24(21(18)23(28)25-17-9-10-33(29,30)13-17)26-20(27)12-31-22-15(2)5-4-6-16(22)3/h4-6,14,17H,7-13H2,1-3H3,(H,25,28)(H,26,27)/t14-,17+/m0/s1. The summed E-state index contributed by atoms with van der Waals surface area (Å²) in [5, 5.41) is 6.30. The quantitative estimate of drug-likeness (QED) is 0.646. The second-order valence-corrected chi connectivity index (χ2v) is 12.5. The van der Waals surface area contributed by atoms with Crippen LogP contribution in [0.4, 0.5) is 5.00 Å². The molecular weight excluding hydrogens is 460 g/mol. The molecule has 1 aromatic carbocycles. The van der Waals surface area contributed by atoms with Crippen molar-refractivity contribution in [3.8, 4) is 5.75 Å². The Bertz CT molecular complexity index is 1170. The van der Waals surface area contributed by atoms with Gasteiger partial charge in [0.05, 0.1) is 17.1 Å². The molecule has 2 atom stereocenters. The lowest BCUT2D eigenvalue weighted by atomic mass is 9.88. The van der Waals surface area contributed by atoms with Crippen LogP contribution in [0.3, 0.4) is 0 Å². The molecule has 2 amide bonds. The van der Waals surface area contributed by atoms with Gasteiger partial charge in [0, 0.05) is 10.9 Å². The molecule has 1 aliphatic carbocycles. The Balaban J connectivity index is 1.52. The van der Waals surface area contributed by atoms with Gasteiger partial charge in [0.2, 0.25) is 0 Å². The fraction of sp³-hybridized carbons (Fsp3) is 0.500. The zero-order chi connectivity index (χ0) is 23.8. The molecule has 2 aliphatic rings. The van der Waals surface area contributed by atoms with Crippen LogP contribution in [0.15, 0.2) is 18.2 Å². The first kappa shape index (κ1) is 23.8. The summed E-state index contributed by atoms with van der Waals surface area (Å²) in [6.07, 6.45) is 3.04. The van der Waals surface area contributed by atoms with Gasteiger partial charge in [0.25, 0.3) is 11.8 Å². The van der Waals surface area contributed by atoms with Crippen LogP contribution >= 0.6 is 11.3 Å². The molecule has 0 saturated carbocycles. The molecule has 1 saturated heterocycles. The zero-order valence-corrected chi connectivity index (χ0v) is 20.8. The van der Waals surface area contributed by atoms with Gasteiger partial charge in [-0.3, -0.25) is 9.59 Å². The van der Waals surface area contributed by atoms with E-state index in [1.54, 1.807) is 0 Å². The average molecular weight is 491 g/mol. The minimum Gasteiger partial charge on any atom is -0.483 e. The number of carbonyl (C=O) groups excluding carboxylic acids is 2. The summed E-state index contributed by atoms with van der Waals surface area (Å²) in [7, 11) is -3.10. The van der Waals surface area contributed by atoms with Gasteiger partial charge in [-0.15, -0.1) is 11.3 Å². The number of anilines is 1. The highest BCUT2D eigenvalue weighted by molar-refractivity contribution is 7.91. The predicted octanol–water partition coefficient (Wildman–Crippen LogP) is 3.42. The Kier molecular flexibility index (Phi) is 6.81. The van der Waals surface area contributed by atoms with Gasteiger partial charge in [-0.2, -0.15) is 0 Å². The summed E-state index contributed by atoms with van der Waals surface area (Å²) in [6.45, 7) is 5.88. The number of nitrogens with one attached hydrogen (secondary N) is 2. The second kappa shape index (κ2) is 9.46. The molecule has 4 rings (SSSR count). The Labute approximate surface area is 198 Å². The fourth-order valence-electron chi connectivity index (χ4n) is 4.57. The van der Waals surface area contributed by atoms with E-state index in [4.69, 9.17) is 4.74 Å². The number of aryl methyl sites for hydroxylation is 2. The van der Waals surface area contributed by atoms with Gasteiger partial charge in [-0.25, -0.2) is 8.42 Å². The second-order valence-electron chi connectivity index (χ2n) is 9.19. The van der Waals surface area contributed by atoms with Gasteiger partial charge in [-0.1, -0.05) is 25.1 Å². The van der Waals surface area contributed by atoms with Crippen molar-refractivity contribution in [1.29, 1.82) is 0 Å². The Morgan fingerprint density at radius 1 is 1.18 bits per heavy atom. The van der Waals surface area contributed by atoms with E-state index >= 15 is 0 Å². The Hall–Kier alpha value is -2.39. The summed E-state index contributed by atoms with van der Waals surface area (Å²) in [4.78, 5) is 27.1. The van der Waals surface area contributed by atoms with Crippen LogP contribution in [0.2, 0.25) is 0 Å². The number of para-hydroxylation sites is 1. The topological polar surface area (TPSA) is 102 Å². The van der Waals surface area contributed by atoms with E-state index in [1.807, 2.05) is 32.0 Å². The van der Waals surface area contributed by atoms with Crippen molar-refractivity contribution in [3.05, 3.63) is 45.3 Å². The monoisotopic (exact) mass is 490 g/mol. The van der Waals surface area contributed by atoms with Gasteiger partial charge < -0.3 is 15.4 Å². The van der Waals surface area contributed by atoms with Gasteiger partial charge in [-0.05, 0) is 62.1 Å². The minimum absolute atomic E-state index is 0.0343. The molecular formula is C24H30N2O5S2. The fourth-order valence-corrected chi connectivity index (χ4v) is 7.67. The molecule has 33 heavy (non-hydrogen) atoms. The van der Waals surface area contributed by atoms with E-state index in [2.05, 4.69) is 17.6 Å². The van der Waals surface area contributed by atoms with Gasteiger partial charge in [0.15, 0.2) is 16.4 Å². The molecule has 7 nitrogen and oxygen atoms in total. The van der Waals surface area contributed by atoms with Crippen LogP contribution in [-0.2, 0) is 27.5 Å². The highest BCUT2D eigenvalue weighted by atomic mass is 32.2. The number of benzene rings is 1. The molecule has 1 aliphatic heterocycles. The van der Waals surface area contributed by atoms with E-state index < -0.39 is 15.9 Å². The third kappa shape index (κ3) is 5.41. The smallest absolute Gasteiger partial charge is 0.262 e. The summed E-state index contributed by atoms with van der Waals surface area (Å²) in [6, 6.07) is 5.41. The normalized spacial score (nSPS) is 21.3. The summed E-state index contributed by atoms with van der Waals surface area (Å²) >= 11 is 1.44. The third-order valence-corrected chi connectivity index (χ3v) is 9.25. The van der Waals surface area contributed by atoms with Gasteiger partial charge >= 0.3 is 0 Å². The first-order valence-corrected chi connectivity index (χ1v) is 13.9. The summed E-state index contributed by atoms with van der Waals surface area (Å²) in [5.74, 6) is 0.622. The van der Waals surface area contributed by atoms with Crippen LogP contribution in [0.25, 0.3) is 0 Å². The average Bonchev–Trinajstić information content (AvgIpc) is 3.25. The van der Waals surface area contributed by atoms with E-state index in [0.717, 1.165) is 40.8 Å². The van der Waals surface area contributed by atoms with E-state index in [1.165, 1.54) is 11.3 Å². The van der Waals surface area contributed by atoms with Crippen molar-refractivity contribution in [3.63, 3.8) is 0 Å². The highest BCUT2D eigenvalue weighted by Gasteiger charge is 2.33. The van der Waals surface area contributed by atoms with Crippen molar-refractivity contribution in [1.82, 2.24) is 5.32 Å². The largest absolute Gasteiger partial charge is 0.483 e. The molecule has 0 spiro atoms. The van der Waals surface area contributed by atoms with Crippen LogP contribution in [0.1, 0.15) is 51.7 Å². The molecule has 1 fully saturated rings. The molecule has 2 aromatic rings. The van der Waals surface area contributed by atoms with Crippen LogP contribution in [0, 0.1) is 19.8 Å². The molecule has 0 radical (unpaired) electrons. The van der Waals surface area contributed by atoms with Crippen molar-refractivity contribution in [2.75, 3.05) is 23.4 Å². The molecule has 1 aromatic heterocycles. The number of amides is 2. The third-order valence-electron chi connectivity index (χ3n) is 6.32. The van der Waals surface area contributed by atoms with Gasteiger partial charge in [0.1, 0.15) is 10.8 Å². The first-order chi connectivity index (χ1) is 15.6. The van der Waals surface area contributed by atoms with E-state index in [-0.39, 0.29) is 29.9 Å². The molecule has 9 heteroatoms. The number of hydrogen-bond acceptors (Lipinski definition) is 6. The number of rotatable bonds is 6. The molecule has 2 N–H and O–H groups in total. The Morgan fingerprint density at radius 3 is 2.58 bits per heavy atom. The van der Waals surface area contributed by atoms with Crippen LogP contribution in [-0.4, -0.2) is 44.4 Å². The lowest BCUT2D eigenvalue weighted by Crippen LogP contribution is -2.36. The zero-order valence-electron chi connectivity index (χ0n) is 19.2. The van der Waals surface area contributed by atoms with Crippen LogP contribution in [0.5, 0.6) is 5.75 Å². The maximum Gasteiger partial charge on any atom is 0.262 e. The van der Waals surface area contributed by atoms with Crippen molar-refractivity contribution in [2.24, 2.45) is 5.92 Å². The molecule has 0 unspecified atom stereocenters. The SMILES string of the molecule is Cc1cccc(C)c1OCC(=O)Nc1sc2c(c1C(=O)N[C@@H]1CCS(=O)(=O)C1)CC[C@H](C)C2. The maximum atomic E-state index is 13.2. The summed E-state index contributed by atoms with van der Waals surface area (Å²) in [5.41, 5.74) is 3.36. The number of fused-ring (bicyclic) bond motifs is 1.